The van der Waals surface area contributed by atoms with Crippen LogP contribution >= 0.6 is 0 Å². The minimum Gasteiger partial charge on any atom is -0.348 e. The first-order valence-corrected chi connectivity index (χ1v) is 12.3. The average molecular weight is 528 g/mol. The summed E-state index contributed by atoms with van der Waals surface area (Å²) in [6, 6.07) is 7.86. The summed E-state index contributed by atoms with van der Waals surface area (Å²) in [4.78, 5) is 37.1. The molecular formula is C22H24F3N5O5S. The average Bonchev–Trinajstić information content (AvgIpc) is 2.83. The molecule has 0 unspecified atom stereocenters. The van der Waals surface area contributed by atoms with Gasteiger partial charge < -0.3 is 21.3 Å². The molecule has 0 aliphatic carbocycles. The number of rotatable bonds is 7. The molecule has 2 atom stereocenters. The fourth-order valence-electron chi connectivity index (χ4n) is 3.59. The van der Waals surface area contributed by atoms with Gasteiger partial charge in [0.05, 0.1) is 29.1 Å². The summed E-state index contributed by atoms with van der Waals surface area (Å²) >= 11 is 0. The van der Waals surface area contributed by atoms with Gasteiger partial charge >= 0.3 is 6.18 Å². The molecule has 2 aromatic carbocycles. The Kier molecular flexibility index (Phi) is 8.32. The Morgan fingerprint density at radius 3 is 2.31 bits per heavy atom. The number of hydrogen-bond donors (Lipinski definition) is 5. The maximum Gasteiger partial charge on any atom is 0.416 e. The molecule has 0 radical (unpaired) electrons. The minimum absolute atomic E-state index is 0.141. The van der Waals surface area contributed by atoms with Crippen LogP contribution in [-0.4, -0.2) is 57.9 Å². The summed E-state index contributed by atoms with van der Waals surface area (Å²) < 4.78 is 61.3. The predicted octanol–water partition coefficient (Wildman–Crippen LogP) is 0.359. The molecule has 10 nitrogen and oxygen atoms in total. The molecule has 1 aliphatic heterocycles. The van der Waals surface area contributed by atoms with E-state index in [4.69, 9.17) is 5.14 Å². The van der Waals surface area contributed by atoms with E-state index < -0.39 is 58.1 Å². The lowest BCUT2D eigenvalue weighted by Gasteiger charge is -2.33. The van der Waals surface area contributed by atoms with Crippen molar-refractivity contribution in [1.82, 2.24) is 21.3 Å². The zero-order valence-corrected chi connectivity index (χ0v) is 19.6. The van der Waals surface area contributed by atoms with Crippen LogP contribution in [0.5, 0.6) is 0 Å². The Balaban J connectivity index is 1.56. The lowest BCUT2D eigenvalue weighted by molar-refractivity contribution is -0.137. The Labute approximate surface area is 204 Å². The van der Waals surface area contributed by atoms with Crippen molar-refractivity contribution in [3.05, 3.63) is 65.2 Å². The van der Waals surface area contributed by atoms with E-state index in [1.165, 1.54) is 30.3 Å². The lowest BCUT2D eigenvalue weighted by atomic mass is 10.00. The van der Waals surface area contributed by atoms with E-state index in [1.54, 1.807) is 0 Å². The van der Waals surface area contributed by atoms with Crippen LogP contribution in [0.4, 0.5) is 13.2 Å². The summed E-state index contributed by atoms with van der Waals surface area (Å²) in [5.41, 5.74) is -1.03. The van der Waals surface area contributed by atoms with E-state index in [1.807, 2.05) is 0 Å². The van der Waals surface area contributed by atoms with Gasteiger partial charge in [0.2, 0.25) is 15.9 Å². The molecule has 1 aliphatic rings. The van der Waals surface area contributed by atoms with Gasteiger partial charge in [0.25, 0.3) is 11.8 Å². The van der Waals surface area contributed by atoms with Crippen LogP contribution < -0.4 is 26.4 Å². The van der Waals surface area contributed by atoms with Crippen molar-refractivity contribution in [1.29, 1.82) is 0 Å². The number of nitrogens with one attached hydrogen (secondary N) is 4. The van der Waals surface area contributed by atoms with Crippen LogP contribution in [0.3, 0.4) is 0 Å². The van der Waals surface area contributed by atoms with E-state index in [0.717, 1.165) is 12.1 Å². The number of hydrogen-bond acceptors (Lipinski definition) is 6. The molecule has 0 bridgehead atoms. The maximum absolute atomic E-state index is 12.8. The van der Waals surface area contributed by atoms with Crippen LogP contribution in [-0.2, 0) is 21.0 Å². The van der Waals surface area contributed by atoms with Gasteiger partial charge in [-0.3, -0.25) is 14.4 Å². The topological polar surface area (TPSA) is 159 Å². The molecule has 1 fully saturated rings. The lowest BCUT2D eigenvalue weighted by Crippen LogP contribution is -2.60. The highest BCUT2D eigenvalue weighted by molar-refractivity contribution is 7.89. The van der Waals surface area contributed by atoms with Crippen LogP contribution in [0.2, 0.25) is 0 Å². The van der Waals surface area contributed by atoms with E-state index in [0.29, 0.717) is 25.6 Å². The second kappa shape index (κ2) is 11.1. The number of primary sulfonamides is 1. The Morgan fingerprint density at radius 1 is 0.972 bits per heavy atom. The van der Waals surface area contributed by atoms with Gasteiger partial charge in [0.1, 0.15) is 0 Å². The number of halogens is 3. The van der Waals surface area contributed by atoms with Gasteiger partial charge in [-0.2, -0.15) is 13.2 Å². The van der Waals surface area contributed by atoms with Crippen molar-refractivity contribution >= 4 is 27.7 Å². The Hall–Kier alpha value is -3.49. The third kappa shape index (κ3) is 7.26. The number of sulfonamides is 1. The fraction of sp³-hybridized carbons (Fsp3) is 0.318. The zero-order valence-electron chi connectivity index (χ0n) is 18.8. The number of amides is 3. The molecule has 14 heteroatoms. The second-order valence-electron chi connectivity index (χ2n) is 8.08. The molecule has 3 amide bonds. The van der Waals surface area contributed by atoms with E-state index >= 15 is 0 Å². The van der Waals surface area contributed by atoms with E-state index in [9.17, 15) is 36.0 Å². The molecule has 194 valence electrons. The van der Waals surface area contributed by atoms with E-state index in [-0.39, 0.29) is 16.0 Å². The number of carbonyl (C=O) groups is 3. The molecule has 3 rings (SSSR count). The van der Waals surface area contributed by atoms with Gasteiger partial charge in [0, 0.05) is 17.7 Å². The highest BCUT2D eigenvalue weighted by Crippen LogP contribution is 2.29. The maximum atomic E-state index is 12.8. The first-order chi connectivity index (χ1) is 16.8. The van der Waals surface area contributed by atoms with Crippen LogP contribution in [0, 0.1) is 0 Å². The van der Waals surface area contributed by atoms with Gasteiger partial charge in [0.15, 0.2) is 0 Å². The number of alkyl halides is 3. The summed E-state index contributed by atoms with van der Waals surface area (Å²) in [6.45, 7) is 0.401. The fourth-order valence-corrected chi connectivity index (χ4v) is 4.10. The van der Waals surface area contributed by atoms with Crippen molar-refractivity contribution in [2.75, 3.05) is 19.6 Å². The first-order valence-electron chi connectivity index (χ1n) is 10.7. The molecule has 36 heavy (non-hydrogen) atoms. The van der Waals surface area contributed by atoms with Gasteiger partial charge in [-0.1, -0.05) is 6.07 Å². The van der Waals surface area contributed by atoms with Crippen molar-refractivity contribution in [2.45, 2.75) is 29.6 Å². The summed E-state index contributed by atoms with van der Waals surface area (Å²) in [7, 11) is -3.90. The quantitative estimate of drug-likeness (QED) is 0.350. The van der Waals surface area contributed by atoms with Gasteiger partial charge in [-0.25, -0.2) is 13.6 Å². The Bertz CT molecular complexity index is 1240. The first kappa shape index (κ1) is 27.1. The molecule has 0 aromatic heterocycles. The summed E-state index contributed by atoms with van der Waals surface area (Å²) in [5, 5.41) is 15.9. The SMILES string of the molecule is NS(=O)(=O)c1ccc(C(=O)N[C@@H]2CCNC[C@@H]2NC(=O)CNC(=O)c2cccc(C(F)(F)F)c2)cc1. The van der Waals surface area contributed by atoms with Gasteiger partial charge in [-0.05, 0) is 55.4 Å². The van der Waals surface area contributed by atoms with Crippen molar-refractivity contribution in [3.8, 4) is 0 Å². The third-order valence-corrected chi connectivity index (χ3v) is 6.38. The number of benzene rings is 2. The van der Waals surface area contributed by atoms with Crippen LogP contribution in [0.1, 0.15) is 32.7 Å². The summed E-state index contributed by atoms with van der Waals surface area (Å²) in [6.07, 6.45) is -4.13. The minimum atomic E-state index is -4.61. The van der Waals surface area contributed by atoms with Crippen molar-refractivity contribution < 1.29 is 36.0 Å². The standard InChI is InChI=1S/C22H24F3N5O5S/c23-22(24,25)15-3-1-2-14(10-15)20(32)28-12-19(31)29-18-11-27-9-8-17(18)30-21(33)13-4-6-16(7-5-13)36(26,34)35/h1-7,10,17-18,27H,8-9,11-12H2,(H,28,32)(H,29,31)(H,30,33)(H2,26,34,35)/t17-,18+/m1/s1. The number of nitrogens with two attached hydrogens (primary N) is 1. The van der Waals surface area contributed by atoms with E-state index in [2.05, 4.69) is 21.3 Å². The Morgan fingerprint density at radius 2 is 1.67 bits per heavy atom. The zero-order chi connectivity index (χ0) is 26.5. The predicted molar refractivity (Wildman–Crippen MR) is 122 cm³/mol. The monoisotopic (exact) mass is 527 g/mol. The molecule has 6 N–H and O–H groups in total. The van der Waals surface area contributed by atoms with Crippen molar-refractivity contribution in [2.24, 2.45) is 5.14 Å². The molecule has 2 aromatic rings. The summed E-state index contributed by atoms with van der Waals surface area (Å²) in [5.74, 6) is -1.92. The molecule has 0 saturated carbocycles. The molecule has 1 saturated heterocycles. The smallest absolute Gasteiger partial charge is 0.348 e. The second-order valence-corrected chi connectivity index (χ2v) is 9.64. The molecule has 1 heterocycles. The number of carbonyl (C=O) groups excluding carboxylic acids is 3. The van der Waals surface area contributed by atoms with Crippen LogP contribution in [0.25, 0.3) is 0 Å². The highest BCUT2D eigenvalue weighted by Gasteiger charge is 2.31. The van der Waals surface area contributed by atoms with Crippen molar-refractivity contribution in [3.63, 3.8) is 0 Å². The normalized spacial score (nSPS) is 18.2. The molecular weight excluding hydrogens is 503 g/mol. The third-order valence-electron chi connectivity index (χ3n) is 5.45. The molecule has 0 spiro atoms. The highest BCUT2D eigenvalue weighted by atomic mass is 32.2. The largest absolute Gasteiger partial charge is 0.416 e. The van der Waals surface area contributed by atoms with Crippen LogP contribution in [0.15, 0.2) is 53.4 Å². The number of piperidine rings is 1. The van der Waals surface area contributed by atoms with Gasteiger partial charge in [-0.15, -0.1) is 0 Å².